The summed E-state index contributed by atoms with van der Waals surface area (Å²) in [6, 6.07) is 14.8. The fourth-order valence-corrected chi connectivity index (χ4v) is 7.11. The van der Waals surface area contributed by atoms with Crippen LogP contribution in [0.1, 0.15) is 50.4 Å². The van der Waals surface area contributed by atoms with Gasteiger partial charge in [-0.25, -0.2) is 17.8 Å². The van der Waals surface area contributed by atoms with Gasteiger partial charge in [0.25, 0.3) is 0 Å². The Bertz CT molecular complexity index is 1870. The first kappa shape index (κ1) is 31.7. The number of ether oxygens (including phenoxy) is 1. The second kappa shape index (κ2) is 12.7. The number of aliphatic carboxylic acids is 1. The molecule has 5 rings (SSSR count). The van der Waals surface area contributed by atoms with E-state index in [4.69, 9.17) is 10.5 Å². The van der Waals surface area contributed by atoms with E-state index in [9.17, 15) is 23.1 Å². The number of fused-ring (bicyclic) bond motifs is 1. The molecule has 4 aromatic rings. The molecule has 12 heteroatoms. The van der Waals surface area contributed by atoms with Crippen molar-refractivity contribution >= 4 is 44.0 Å². The van der Waals surface area contributed by atoms with Crippen LogP contribution in [0.3, 0.4) is 0 Å². The Kier molecular flexibility index (Phi) is 8.96. The lowest BCUT2D eigenvalue weighted by atomic mass is 9.93. The van der Waals surface area contributed by atoms with Gasteiger partial charge in [-0.3, -0.25) is 9.59 Å². The number of carboxylic acids is 1. The second-order valence-corrected chi connectivity index (χ2v) is 13.6. The number of halogens is 1. The number of nitrogen functional groups attached to an aromatic ring is 1. The van der Waals surface area contributed by atoms with Crippen LogP contribution >= 0.6 is 0 Å². The highest BCUT2D eigenvalue weighted by Crippen LogP contribution is 2.43. The highest BCUT2D eigenvalue weighted by Gasteiger charge is 2.46. The molecule has 236 valence electrons. The Balaban J connectivity index is 1.64. The first-order valence-corrected chi connectivity index (χ1v) is 16.2. The molecular formula is C33H35FN4O6S. The standard InChI is InChI=1S/C33H35FN4O6S/c1-4-44-22-10-12-27(34)26(18-22)29(37-21-9-11-23-20(17-21)13-15-36-31(23)35)32(39)38-16-14-25(33(40)41)30(38)24-7-5-6-8-28(24)45(42,43)19(2)3/h5-13,15,17-19,25,29-30,37H,4,14,16H2,1-3H3,(H2,35,36)(H,40,41)/t25?,29-,30?/m1/s1. The topological polar surface area (TPSA) is 152 Å². The molecule has 1 amide bonds. The van der Waals surface area contributed by atoms with E-state index in [2.05, 4.69) is 10.3 Å². The molecule has 0 saturated carbocycles. The Morgan fingerprint density at radius 2 is 1.89 bits per heavy atom. The number of hydrogen-bond donors (Lipinski definition) is 3. The fraction of sp³-hybridized carbons (Fsp3) is 0.303. The molecule has 0 spiro atoms. The zero-order chi connectivity index (χ0) is 32.5. The van der Waals surface area contributed by atoms with Crippen molar-refractivity contribution in [3.05, 3.63) is 89.9 Å². The van der Waals surface area contributed by atoms with Gasteiger partial charge in [-0.15, -0.1) is 0 Å². The normalized spacial score (nSPS) is 17.4. The van der Waals surface area contributed by atoms with Crippen LogP contribution < -0.4 is 15.8 Å². The molecule has 2 heterocycles. The number of nitrogens with one attached hydrogen (secondary N) is 1. The van der Waals surface area contributed by atoms with Gasteiger partial charge in [0, 0.05) is 29.4 Å². The van der Waals surface area contributed by atoms with Gasteiger partial charge < -0.3 is 25.8 Å². The number of sulfone groups is 1. The highest BCUT2D eigenvalue weighted by atomic mass is 32.2. The van der Waals surface area contributed by atoms with Crippen molar-refractivity contribution in [3.8, 4) is 5.75 Å². The van der Waals surface area contributed by atoms with Crippen molar-refractivity contribution < 1.29 is 32.2 Å². The molecule has 4 N–H and O–H groups in total. The molecule has 0 bridgehead atoms. The summed E-state index contributed by atoms with van der Waals surface area (Å²) in [6.45, 7) is 5.19. The molecule has 10 nitrogen and oxygen atoms in total. The van der Waals surface area contributed by atoms with Crippen molar-refractivity contribution in [1.29, 1.82) is 0 Å². The Labute approximate surface area is 260 Å². The van der Waals surface area contributed by atoms with E-state index in [1.165, 1.54) is 29.2 Å². The number of nitrogens with two attached hydrogens (primary N) is 1. The summed E-state index contributed by atoms with van der Waals surface area (Å²) in [5, 5.41) is 14.0. The number of aromatic nitrogens is 1. The van der Waals surface area contributed by atoms with Crippen molar-refractivity contribution in [3.63, 3.8) is 0 Å². The van der Waals surface area contributed by atoms with E-state index < -0.39 is 50.8 Å². The molecule has 1 fully saturated rings. The molecule has 1 aliphatic rings. The Morgan fingerprint density at radius 1 is 1.13 bits per heavy atom. The molecule has 3 atom stereocenters. The molecule has 45 heavy (non-hydrogen) atoms. The third-order valence-electron chi connectivity index (χ3n) is 8.11. The van der Waals surface area contributed by atoms with Gasteiger partial charge in [-0.1, -0.05) is 18.2 Å². The summed E-state index contributed by atoms with van der Waals surface area (Å²) in [4.78, 5) is 32.5. The van der Waals surface area contributed by atoms with Crippen LogP contribution in [0, 0.1) is 11.7 Å². The molecule has 3 aromatic carbocycles. The monoisotopic (exact) mass is 634 g/mol. The van der Waals surface area contributed by atoms with E-state index in [1.54, 1.807) is 69.4 Å². The number of rotatable bonds is 10. The minimum atomic E-state index is -3.85. The highest BCUT2D eigenvalue weighted by molar-refractivity contribution is 7.92. The van der Waals surface area contributed by atoms with E-state index >= 15 is 4.39 Å². The largest absolute Gasteiger partial charge is 0.494 e. The van der Waals surface area contributed by atoms with E-state index in [-0.39, 0.29) is 29.0 Å². The number of carbonyl (C=O) groups excluding carboxylic acids is 1. The summed E-state index contributed by atoms with van der Waals surface area (Å²) in [6.07, 6.45) is 1.64. The van der Waals surface area contributed by atoms with E-state index in [1.807, 2.05) is 0 Å². The van der Waals surface area contributed by atoms with Crippen molar-refractivity contribution in [2.24, 2.45) is 5.92 Å². The lowest BCUT2D eigenvalue weighted by Gasteiger charge is -2.33. The predicted octanol–water partition coefficient (Wildman–Crippen LogP) is 5.36. The third-order valence-corrected chi connectivity index (χ3v) is 10.3. The number of pyridine rings is 1. The summed E-state index contributed by atoms with van der Waals surface area (Å²) in [7, 11) is -3.85. The maximum Gasteiger partial charge on any atom is 0.309 e. The van der Waals surface area contributed by atoms with Crippen molar-refractivity contribution in [2.45, 2.75) is 49.4 Å². The summed E-state index contributed by atoms with van der Waals surface area (Å²) >= 11 is 0. The van der Waals surface area contributed by atoms with Gasteiger partial charge >= 0.3 is 5.97 Å². The minimum Gasteiger partial charge on any atom is -0.494 e. The average molecular weight is 635 g/mol. The zero-order valence-electron chi connectivity index (χ0n) is 25.1. The number of anilines is 2. The zero-order valence-corrected chi connectivity index (χ0v) is 25.9. The number of benzene rings is 3. The van der Waals surface area contributed by atoms with E-state index in [0.29, 0.717) is 29.2 Å². The Hall–Kier alpha value is -4.71. The van der Waals surface area contributed by atoms with Crippen LogP contribution in [-0.2, 0) is 19.4 Å². The molecule has 1 aromatic heterocycles. The molecule has 1 saturated heterocycles. The van der Waals surface area contributed by atoms with Gasteiger partial charge in [-0.2, -0.15) is 0 Å². The molecular weight excluding hydrogens is 599 g/mol. The lowest BCUT2D eigenvalue weighted by molar-refractivity contribution is -0.143. The maximum absolute atomic E-state index is 15.6. The molecule has 1 aliphatic heterocycles. The number of likely N-dealkylation sites (tertiary alicyclic amines) is 1. The van der Waals surface area contributed by atoms with Crippen molar-refractivity contribution in [1.82, 2.24) is 9.88 Å². The number of hydrogen-bond acceptors (Lipinski definition) is 8. The van der Waals surface area contributed by atoms with Crippen LogP contribution in [0.2, 0.25) is 0 Å². The van der Waals surface area contributed by atoms with Crippen LogP contribution in [0.15, 0.2) is 77.8 Å². The molecule has 2 unspecified atom stereocenters. The summed E-state index contributed by atoms with van der Waals surface area (Å²) < 4.78 is 48.0. The fourth-order valence-electron chi connectivity index (χ4n) is 5.82. The molecule has 0 aliphatic carbocycles. The van der Waals surface area contributed by atoms with Crippen molar-refractivity contribution in [2.75, 3.05) is 24.2 Å². The SMILES string of the molecule is CCOc1ccc(F)c([C@@H](Nc2ccc3c(N)nccc3c2)C(=O)N2CCC(C(=O)O)C2c2ccccc2S(=O)(=O)C(C)C)c1. The van der Waals surface area contributed by atoms with Gasteiger partial charge in [0.05, 0.1) is 28.7 Å². The lowest BCUT2D eigenvalue weighted by Crippen LogP contribution is -2.40. The Morgan fingerprint density at radius 3 is 2.60 bits per heavy atom. The quantitative estimate of drug-likeness (QED) is 0.209. The molecule has 0 radical (unpaired) electrons. The maximum atomic E-state index is 15.6. The predicted molar refractivity (Wildman–Crippen MR) is 169 cm³/mol. The minimum absolute atomic E-state index is 0.0131. The second-order valence-electron chi connectivity index (χ2n) is 11.2. The first-order chi connectivity index (χ1) is 21.4. The number of carboxylic acid groups (broad SMARTS) is 1. The summed E-state index contributed by atoms with van der Waals surface area (Å²) in [5.74, 6) is -2.87. The van der Waals surface area contributed by atoms with Crippen LogP contribution in [0.25, 0.3) is 10.8 Å². The number of nitrogens with zero attached hydrogens (tertiary/aromatic N) is 2. The van der Waals surface area contributed by atoms with E-state index in [0.717, 1.165) is 5.39 Å². The van der Waals surface area contributed by atoms with Crippen LogP contribution in [-0.4, -0.2) is 53.7 Å². The number of amides is 1. The van der Waals surface area contributed by atoms with Gasteiger partial charge in [-0.05, 0) is 86.7 Å². The smallest absolute Gasteiger partial charge is 0.309 e. The first-order valence-electron chi connectivity index (χ1n) is 14.6. The number of carbonyl (C=O) groups is 2. The third kappa shape index (κ3) is 6.15. The average Bonchev–Trinajstić information content (AvgIpc) is 3.46. The van der Waals surface area contributed by atoms with Gasteiger partial charge in [0.2, 0.25) is 5.91 Å². The van der Waals surface area contributed by atoms with Crippen LogP contribution in [0.4, 0.5) is 15.9 Å². The summed E-state index contributed by atoms with van der Waals surface area (Å²) in [5.41, 5.74) is 6.69. The van der Waals surface area contributed by atoms with Gasteiger partial charge in [0.15, 0.2) is 9.84 Å². The van der Waals surface area contributed by atoms with Gasteiger partial charge in [0.1, 0.15) is 23.4 Å². The van der Waals surface area contributed by atoms with Crippen LogP contribution in [0.5, 0.6) is 5.75 Å².